The van der Waals surface area contributed by atoms with Crippen LogP contribution >= 0.6 is 35.3 Å². The molecule has 1 saturated heterocycles. The molecular weight excluding hydrogens is 463 g/mol. The number of likely N-dealkylation sites (tertiary alicyclic amines) is 1. The number of halogens is 1. The van der Waals surface area contributed by atoms with E-state index in [1.165, 1.54) is 10.7 Å². The molecule has 0 spiro atoms. The molecule has 0 amide bonds. The van der Waals surface area contributed by atoms with Gasteiger partial charge in [-0.3, -0.25) is 4.99 Å². The fraction of sp³-hybridized carbons (Fsp3) is 0.778. The van der Waals surface area contributed by atoms with Crippen LogP contribution in [0, 0.1) is 5.92 Å². The van der Waals surface area contributed by atoms with Crippen molar-refractivity contribution in [2.45, 2.75) is 32.6 Å². The van der Waals surface area contributed by atoms with Crippen molar-refractivity contribution in [2.24, 2.45) is 10.9 Å². The molecule has 2 rings (SSSR count). The van der Waals surface area contributed by atoms with Gasteiger partial charge in [-0.2, -0.15) is 0 Å². The average molecular weight is 496 g/mol. The maximum absolute atomic E-state index is 5.66. The number of methoxy groups -OCH3 is 1. The Morgan fingerprint density at radius 2 is 2.27 bits per heavy atom. The van der Waals surface area contributed by atoms with Crippen LogP contribution < -0.4 is 5.32 Å². The standard InChI is InChI=1S/C18H32N4O2S.HI/c1-14(2)17-21-16(13-25-17)5-7-20-18(19-3)22-8-6-15(11-22)12-24-10-9-23-4;/h13-15H,5-12H2,1-4H3,(H,19,20);1H. The fourth-order valence-corrected chi connectivity index (χ4v) is 3.76. The van der Waals surface area contributed by atoms with Crippen molar-refractivity contribution < 1.29 is 9.47 Å². The number of nitrogens with zero attached hydrogens (tertiary/aromatic N) is 3. The SMILES string of the molecule is CN=C(NCCc1csc(C(C)C)n1)N1CCC(COCCOC)C1.I. The van der Waals surface area contributed by atoms with Crippen LogP contribution in [0.25, 0.3) is 0 Å². The summed E-state index contributed by atoms with van der Waals surface area (Å²) in [4.78, 5) is 11.4. The van der Waals surface area contributed by atoms with Crippen LogP contribution in [0.15, 0.2) is 10.4 Å². The lowest BCUT2D eigenvalue weighted by molar-refractivity contribution is 0.0536. The zero-order valence-electron chi connectivity index (χ0n) is 16.4. The molecule has 0 bridgehead atoms. The molecule has 1 aliphatic rings. The number of rotatable bonds is 9. The molecule has 6 nitrogen and oxygen atoms in total. The van der Waals surface area contributed by atoms with Gasteiger partial charge in [0.05, 0.1) is 30.5 Å². The van der Waals surface area contributed by atoms with Crippen LogP contribution in [-0.2, 0) is 15.9 Å². The third kappa shape index (κ3) is 7.66. The second kappa shape index (κ2) is 12.9. The van der Waals surface area contributed by atoms with Gasteiger partial charge in [0.15, 0.2) is 5.96 Å². The summed E-state index contributed by atoms with van der Waals surface area (Å²) < 4.78 is 10.7. The zero-order chi connectivity index (χ0) is 18.1. The molecule has 1 aromatic heterocycles. The molecule has 1 aromatic rings. The van der Waals surface area contributed by atoms with E-state index in [1.807, 2.05) is 7.05 Å². The minimum Gasteiger partial charge on any atom is -0.382 e. The summed E-state index contributed by atoms with van der Waals surface area (Å²) >= 11 is 1.76. The largest absolute Gasteiger partial charge is 0.382 e. The lowest BCUT2D eigenvalue weighted by Gasteiger charge is -2.21. The summed E-state index contributed by atoms with van der Waals surface area (Å²) in [6.07, 6.45) is 2.08. The number of thiazole rings is 1. The first-order valence-corrected chi connectivity index (χ1v) is 9.98. The highest BCUT2D eigenvalue weighted by molar-refractivity contribution is 14.0. The van der Waals surface area contributed by atoms with Gasteiger partial charge in [-0.25, -0.2) is 4.98 Å². The highest BCUT2D eigenvalue weighted by Crippen LogP contribution is 2.19. The number of nitrogens with one attached hydrogen (secondary N) is 1. The molecule has 1 unspecified atom stereocenters. The Kier molecular flexibility index (Phi) is 11.7. The minimum atomic E-state index is 0. The lowest BCUT2D eigenvalue weighted by Crippen LogP contribution is -2.41. The van der Waals surface area contributed by atoms with Crippen LogP contribution in [-0.4, -0.2) is 69.5 Å². The molecule has 0 saturated carbocycles. The third-order valence-electron chi connectivity index (χ3n) is 4.31. The van der Waals surface area contributed by atoms with E-state index >= 15 is 0 Å². The van der Waals surface area contributed by atoms with Crippen LogP contribution in [0.1, 0.15) is 36.9 Å². The molecular formula is C18H33IN4O2S. The van der Waals surface area contributed by atoms with E-state index in [1.54, 1.807) is 18.4 Å². The van der Waals surface area contributed by atoms with Gasteiger partial charge in [-0.1, -0.05) is 13.8 Å². The van der Waals surface area contributed by atoms with Crippen LogP contribution in [0.2, 0.25) is 0 Å². The second-order valence-corrected chi connectivity index (χ2v) is 7.61. The molecule has 1 atom stereocenters. The molecule has 2 heterocycles. The number of ether oxygens (including phenoxy) is 2. The highest BCUT2D eigenvalue weighted by atomic mass is 127. The van der Waals surface area contributed by atoms with E-state index in [-0.39, 0.29) is 24.0 Å². The molecule has 1 fully saturated rings. The first-order chi connectivity index (χ1) is 12.1. The molecule has 26 heavy (non-hydrogen) atoms. The molecule has 1 N–H and O–H groups in total. The minimum absolute atomic E-state index is 0. The maximum Gasteiger partial charge on any atom is 0.193 e. The predicted octanol–water partition coefficient (Wildman–Crippen LogP) is 2.99. The van der Waals surface area contributed by atoms with E-state index in [0.717, 1.165) is 45.0 Å². The lowest BCUT2D eigenvalue weighted by atomic mass is 10.1. The number of aliphatic imine (C=N–C) groups is 1. The summed E-state index contributed by atoms with van der Waals surface area (Å²) in [5.41, 5.74) is 1.17. The highest BCUT2D eigenvalue weighted by Gasteiger charge is 2.24. The number of aromatic nitrogens is 1. The molecule has 0 radical (unpaired) electrons. The normalized spacial score (nSPS) is 17.7. The van der Waals surface area contributed by atoms with Gasteiger partial charge in [0.1, 0.15) is 0 Å². The summed E-state index contributed by atoms with van der Waals surface area (Å²) in [6, 6.07) is 0. The van der Waals surface area contributed by atoms with Gasteiger partial charge >= 0.3 is 0 Å². The first-order valence-electron chi connectivity index (χ1n) is 9.10. The van der Waals surface area contributed by atoms with E-state index in [0.29, 0.717) is 25.0 Å². The van der Waals surface area contributed by atoms with Gasteiger partial charge in [0.25, 0.3) is 0 Å². The van der Waals surface area contributed by atoms with E-state index in [2.05, 4.69) is 39.4 Å². The smallest absolute Gasteiger partial charge is 0.193 e. The fourth-order valence-electron chi connectivity index (χ4n) is 2.89. The van der Waals surface area contributed by atoms with E-state index < -0.39 is 0 Å². The predicted molar refractivity (Wildman–Crippen MR) is 119 cm³/mol. The topological polar surface area (TPSA) is 59.0 Å². The summed E-state index contributed by atoms with van der Waals surface area (Å²) in [7, 11) is 3.55. The monoisotopic (exact) mass is 496 g/mol. The number of hydrogen-bond acceptors (Lipinski definition) is 5. The Morgan fingerprint density at radius 1 is 1.46 bits per heavy atom. The first kappa shape index (κ1) is 23.6. The van der Waals surface area contributed by atoms with Crippen LogP contribution in [0.3, 0.4) is 0 Å². The summed E-state index contributed by atoms with van der Waals surface area (Å²) in [6.45, 7) is 9.40. The number of hydrogen-bond donors (Lipinski definition) is 1. The van der Waals surface area contributed by atoms with E-state index in [4.69, 9.17) is 9.47 Å². The van der Waals surface area contributed by atoms with Crippen LogP contribution in [0.5, 0.6) is 0 Å². The van der Waals surface area contributed by atoms with Gasteiger partial charge < -0.3 is 19.7 Å². The zero-order valence-corrected chi connectivity index (χ0v) is 19.5. The van der Waals surface area contributed by atoms with Crippen molar-refractivity contribution in [3.8, 4) is 0 Å². The quantitative estimate of drug-likeness (QED) is 0.247. The maximum atomic E-state index is 5.66. The second-order valence-electron chi connectivity index (χ2n) is 6.72. The van der Waals surface area contributed by atoms with Crippen molar-refractivity contribution in [2.75, 3.05) is 53.6 Å². The van der Waals surface area contributed by atoms with Crippen molar-refractivity contribution in [3.63, 3.8) is 0 Å². The molecule has 1 aliphatic heterocycles. The van der Waals surface area contributed by atoms with Crippen LogP contribution in [0.4, 0.5) is 0 Å². The van der Waals surface area contributed by atoms with Gasteiger partial charge in [0, 0.05) is 57.4 Å². The molecule has 8 heteroatoms. The van der Waals surface area contributed by atoms with Crippen molar-refractivity contribution >= 4 is 41.3 Å². The van der Waals surface area contributed by atoms with Gasteiger partial charge in [-0.15, -0.1) is 35.3 Å². The van der Waals surface area contributed by atoms with Gasteiger partial charge in [0.2, 0.25) is 0 Å². The van der Waals surface area contributed by atoms with Crippen molar-refractivity contribution in [3.05, 3.63) is 16.1 Å². The Hall–Kier alpha value is -0.450. The number of guanidine groups is 1. The Bertz CT molecular complexity index is 539. The summed E-state index contributed by atoms with van der Waals surface area (Å²) in [5, 5.41) is 6.86. The Labute approximate surface area is 178 Å². The average Bonchev–Trinajstić information content (AvgIpc) is 3.25. The molecule has 0 aliphatic carbocycles. The van der Waals surface area contributed by atoms with Crippen molar-refractivity contribution in [1.29, 1.82) is 0 Å². The summed E-state index contributed by atoms with van der Waals surface area (Å²) in [5.74, 6) is 2.06. The molecule has 0 aromatic carbocycles. The Balaban J connectivity index is 0.00000338. The molecule has 150 valence electrons. The van der Waals surface area contributed by atoms with Gasteiger partial charge in [-0.05, 0) is 6.42 Å². The Morgan fingerprint density at radius 3 is 2.92 bits per heavy atom. The van der Waals surface area contributed by atoms with Crippen molar-refractivity contribution in [1.82, 2.24) is 15.2 Å². The third-order valence-corrected chi connectivity index (χ3v) is 5.50. The van der Waals surface area contributed by atoms with E-state index in [9.17, 15) is 0 Å².